The standard InChI is InChI=1S/C16H14N2OS/c19-15-14(11-12-7-3-1-4-8-12)17-16(20)18(15)13-9-5-2-6-10-13/h1-10,19H,11H2,(H,17,20). The summed E-state index contributed by atoms with van der Waals surface area (Å²) >= 11 is 5.31. The Labute approximate surface area is 122 Å². The number of aromatic hydroxyl groups is 1. The largest absolute Gasteiger partial charge is 0.493 e. The van der Waals surface area contributed by atoms with Crippen molar-refractivity contribution in [3.8, 4) is 11.6 Å². The zero-order chi connectivity index (χ0) is 13.9. The Morgan fingerprint density at radius 3 is 2.20 bits per heavy atom. The molecule has 0 atom stereocenters. The van der Waals surface area contributed by atoms with E-state index in [9.17, 15) is 5.11 Å². The number of hydrogen-bond donors (Lipinski definition) is 2. The molecular weight excluding hydrogens is 268 g/mol. The zero-order valence-electron chi connectivity index (χ0n) is 10.8. The summed E-state index contributed by atoms with van der Waals surface area (Å²) in [7, 11) is 0. The van der Waals surface area contributed by atoms with Crippen LogP contribution in [-0.2, 0) is 6.42 Å². The van der Waals surface area contributed by atoms with Crippen LogP contribution < -0.4 is 0 Å². The van der Waals surface area contributed by atoms with Crippen molar-refractivity contribution >= 4 is 12.2 Å². The predicted molar refractivity (Wildman–Crippen MR) is 81.9 cm³/mol. The molecule has 0 aliphatic rings. The molecule has 0 amide bonds. The molecule has 1 aromatic heterocycles. The summed E-state index contributed by atoms with van der Waals surface area (Å²) in [6.07, 6.45) is 0.621. The van der Waals surface area contributed by atoms with Crippen molar-refractivity contribution in [2.75, 3.05) is 0 Å². The highest BCUT2D eigenvalue weighted by molar-refractivity contribution is 7.71. The third kappa shape index (κ3) is 2.38. The molecule has 0 spiro atoms. The Balaban J connectivity index is 2.02. The maximum atomic E-state index is 10.4. The van der Waals surface area contributed by atoms with Crippen molar-refractivity contribution in [3.63, 3.8) is 0 Å². The molecule has 1 heterocycles. The molecule has 0 radical (unpaired) electrons. The summed E-state index contributed by atoms with van der Waals surface area (Å²) < 4.78 is 2.15. The van der Waals surface area contributed by atoms with Gasteiger partial charge in [-0.1, -0.05) is 48.5 Å². The van der Waals surface area contributed by atoms with E-state index in [1.807, 2.05) is 60.7 Å². The van der Waals surface area contributed by atoms with E-state index >= 15 is 0 Å². The topological polar surface area (TPSA) is 40.9 Å². The van der Waals surface area contributed by atoms with Crippen molar-refractivity contribution in [3.05, 3.63) is 76.7 Å². The minimum atomic E-state index is 0.171. The molecule has 0 aliphatic heterocycles. The number of imidazole rings is 1. The Morgan fingerprint density at radius 1 is 0.950 bits per heavy atom. The highest BCUT2D eigenvalue weighted by atomic mass is 32.1. The fourth-order valence-corrected chi connectivity index (χ4v) is 2.53. The Bertz CT molecular complexity index is 760. The van der Waals surface area contributed by atoms with Gasteiger partial charge in [-0.05, 0) is 29.9 Å². The van der Waals surface area contributed by atoms with Crippen molar-refractivity contribution in [2.45, 2.75) is 6.42 Å². The Kier molecular flexibility index (Phi) is 3.39. The molecule has 0 aliphatic carbocycles. The molecule has 0 bridgehead atoms. The van der Waals surface area contributed by atoms with Gasteiger partial charge in [0, 0.05) is 6.42 Å². The highest BCUT2D eigenvalue weighted by Crippen LogP contribution is 2.24. The van der Waals surface area contributed by atoms with Gasteiger partial charge >= 0.3 is 0 Å². The van der Waals surface area contributed by atoms with Gasteiger partial charge in [0.2, 0.25) is 5.88 Å². The van der Waals surface area contributed by atoms with E-state index in [1.54, 1.807) is 4.57 Å². The quantitative estimate of drug-likeness (QED) is 0.717. The molecule has 0 saturated carbocycles. The van der Waals surface area contributed by atoms with Crippen LogP contribution >= 0.6 is 12.2 Å². The number of benzene rings is 2. The average Bonchev–Trinajstić information content (AvgIpc) is 2.75. The number of aromatic amines is 1. The van der Waals surface area contributed by atoms with E-state index in [0.29, 0.717) is 11.2 Å². The van der Waals surface area contributed by atoms with Crippen LogP contribution in [-0.4, -0.2) is 14.7 Å². The second-order valence-electron chi connectivity index (χ2n) is 4.57. The minimum Gasteiger partial charge on any atom is -0.493 e. The molecular formula is C16H14N2OS. The number of rotatable bonds is 3. The van der Waals surface area contributed by atoms with Crippen molar-refractivity contribution in [1.82, 2.24) is 9.55 Å². The molecule has 0 unspecified atom stereocenters. The Morgan fingerprint density at radius 2 is 1.55 bits per heavy atom. The summed E-state index contributed by atoms with van der Waals surface area (Å²) in [6, 6.07) is 19.6. The zero-order valence-corrected chi connectivity index (χ0v) is 11.6. The third-order valence-corrected chi connectivity index (χ3v) is 3.47. The number of para-hydroxylation sites is 1. The maximum absolute atomic E-state index is 10.4. The lowest BCUT2D eigenvalue weighted by molar-refractivity contribution is 0.436. The van der Waals surface area contributed by atoms with E-state index in [4.69, 9.17) is 12.2 Å². The molecule has 0 saturated heterocycles. The van der Waals surface area contributed by atoms with E-state index in [0.717, 1.165) is 16.9 Å². The normalized spacial score (nSPS) is 10.6. The lowest BCUT2D eigenvalue weighted by Gasteiger charge is -2.04. The van der Waals surface area contributed by atoms with Crippen LogP contribution in [0.1, 0.15) is 11.3 Å². The minimum absolute atomic E-state index is 0.171. The van der Waals surface area contributed by atoms with Crippen LogP contribution in [0.3, 0.4) is 0 Å². The Hall–Kier alpha value is -2.33. The van der Waals surface area contributed by atoms with Crippen LogP contribution in [0, 0.1) is 4.77 Å². The molecule has 3 aromatic rings. The molecule has 4 heteroatoms. The van der Waals surface area contributed by atoms with Crippen LogP contribution in [0.2, 0.25) is 0 Å². The maximum Gasteiger partial charge on any atom is 0.218 e. The summed E-state index contributed by atoms with van der Waals surface area (Å²) in [6.45, 7) is 0. The summed E-state index contributed by atoms with van der Waals surface area (Å²) in [5.41, 5.74) is 2.70. The van der Waals surface area contributed by atoms with Crippen LogP contribution in [0.5, 0.6) is 5.88 Å². The van der Waals surface area contributed by atoms with E-state index in [2.05, 4.69) is 4.98 Å². The van der Waals surface area contributed by atoms with Gasteiger partial charge in [-0.2, -0.15) is 0 Å². The van der Waals surface area contributed by atoms with Crippen molar-refractivity contribution < 1.29 is 5.11 Å². The number of nitrogens with zero attached hydrogens (tertiary/aromatic N) is 1. The molecule has 100 valence electrons. The van der Waals surface area contributed by atoms with Gasteiger partial charge in [-0.3, -0.25) is 4.57 Å². The molecule has 0 fully saturated rings. The highest BCUT2D eigenvalue weighted by Gasteiger charge is 2.12. The van der Waals surface area contributed by atoms with Gasteiger partial charge < -0.3 is 10.1 Å². The van der Waals surface area contributed by atoms with E-state index in [1.165, 1.54) is 0 Å². The van der Waals surface area contributed by atoms with Gasteiger partial charge in [-0.25, -0.2) is 0 Å². The average molecular weight is 282 g/mol. The van der Waals surface area contributed by atoms with Crippen LogP contribution in [0.15, 0.2) is 60.7 Å². The molecule has 2 aromatic carbocycles. The smallest absolute Gasteiger partial charge is 0.218 e. The van der Waals surface area contributed by atoms with Gasteiger partial charge in [0.1, 0.15) is 0 Å². The molecule has 3 rings (SSSR count). The second-order valence-corrected chi connectivity index (χ2v) is 4.95. The first kappa shape index (κ1) is 12.7. The van der Waals surface area contributed by atoms with Gasteiger partial charge in [-0.15, -0.1) is 0 Å². The van der Waals surface area contributed by atoms with Gasteiger partial charge in [0.05, 0.1) is 11.4 Å². The van der Waals surface area contributed by atoms with E-state index in [-0.39, 0.29) is 5.88 Å². The second kappa shape index (κ2) is 5.35. The first-order valence-corrected chi connectivity index (χ1v) is 6.79. The number of H-pyrrole nitrogens is 1. The lowest BCUT2D eigenvalue weighted by atomic mass is 10.1. The van der Waals surface area contributed by atoms with Gasteiger partial charge in [0.25, 0.3) is 0 Å². The molecule has 2 N–H and O–H groups in total. The summed E-state index contributed by atoms with van der Waals surface area (Å²) in [4.78, 5) is 3.09. The van der Waals surface area contributed by atoms with Crippen LogP contribution in [0.4, 0.5) is 0 Å². The number of nitrogens with one attached hydrogen (secondary N) is 1. The van der Waals surface area contributed by atoms with E-state index < -0.39 is 0 Å². The third-order valence-electron chi connectivity index (χ3n) is 3.18. The summed E-state index contributed by atoms with van der Waals surface area (Å²) in [5, 5.41) is 10.4. The van der Waals surface area contributed by atoms with Crippen molar-refractivity contribution in [2.24, 2.45) is 0 Å². The summed E-state index contributed by atoms with van der Waals surface area (Å²) in [5.74, 6) is 0.171. The number of hydrogen-bond acceptors (Lipinski definition) is 2. The fraction of sp³-hybridized carbons (Fsp3) is 0.0625. The molecule has 3 nitrogen and oxygen atoms in total. The van der Waals surface area contributed by atoms with Crippen molar-refractivity contribution in [1.29, 1.82) is 0 Å². The monoisotopic (exact) mass is 282 g/mol. The predicted octanol–water partition coefficient (Wildman–Crippen LogP) is 3.83. The first-order chi connectivity index (χ1) is 9.75. The fourth-order valence-electron chi connectivity index (χ4n) is 2.21. The molecule has 20 heavy (non-hydrogen) atoms. The van der Waals surface area contributed by atoms with Gasteiger partial charge in [0.15, 0.2) is 4.77 Å². The number of aromatic nitrogens is 2. The SMILES string of the molecule is Oc1c(Cc2ccccc2)[nH]c(=S)n1-c1ccccc1. The van der Waals surface area contributed by atoms with Crippen LogP contribution in [0.25, 0.3) is 5.69 Å². The lowest BCUT2D eigenvalue weighted by Crippen LogP contribution is -1.93. The first-order valence-electron chi connectivity index (χ1n) is 6.38.